The van der Waals surface area contributed by atoms with Crippen LogP contribution in [0.1, 0.15) is 31.7 Å². The molecule has 1 saturated carbocycles. The van der Waals surface area contributed by atoms with Gasteiger partial charge in [0, 0.05) is 12.3 Å². The molecular formula is C19H22O3. The van der Waals surface area contributed by atoms with E-state index in [0.717, 1.165) is 12.8 Å². The highest BCUT2D eigenvalue weighted by Gasteiger charge is 2.47. The fourth-order valence-corrected chi connectivity index (χ4v) is 3.73. The van der Waals surface area contributed by atoms with Crippen LogP contribution in [0.25, 0.3) is 0 Å². The lowest BCUT2D eigenvalue weighted by atomic mass is 9.88. The maximum Gasteiger partial charge on any atom is 0.306 e. The second-order valence-corrected chi connectivity index (χ2v) is 6.50. The zero-order valence-electron chi connectivity index (χ0n) is 12.9. The molecule has 1 aliphatic carbocycles. The van der Waals surface area contributed by atoms with Gasteiger partial charge in [-0.05, 0) is 36.3 Å². The molecule has 1 aromatic rings. The van der Waals surface area contributed by atoms with Crippen molar-refractivity contribution in [2.75, 3.05) is 0 Å². The summed E-state index contributed by atoms with van der Waals surface area (Å²) in [7, 11) is 0. The molecule has 0 bridgehead atoms. The Morgan fingerprint density at radius 2 is 2.09 bits per heavy atom. The van der Waals surface area contributed by atoms with E-state index in [1.165, 1.54) is 5.56 Å². The number of carbonyl (C=O) groups is 2. The van der Waals surface area contributed by atoms with Crippen LogP contribution in [0, 0.1) is 17.8 Å². The van der Waals surface area contributed by atoms with E-state index in [0.29, 0.717) is 18.8 Å². The molecule has 4 atom stereocenters. The molecule has 116 valence electrons. The van der Waals surface area contributed by atoms with Crippen LogP contribution in [-0.4, -0.2) is 17.9 Å². The van der Waals surface area contributed by atoms with Crippen molar-refractivity contribution in [3.8, 4) is 0 Å². The van der Waals surface area contributed by atoms with Crippen molar-refractivity contribution in [2.45, 2.75) is 38.7 Å². The quantitative estimate of drug-likeness (QED) is 0.618. The number of benzene rings is 1. The number of ketones is 1. The monoisotopic (exact) mass is 298 g/mol. The predicted molar refractivity (Wildman–Crippen MR) is 84.2 cm³/mol. The topological polar surface area (TPSA) is 43.4 Å². The van der Waals surface area contributed by atoms with Crippen molar-refractivity contribution in [1.29, 1.82) is 0 Å². The van der Waals surface area contributed by atoms with Crippen LogP contribution in [-0.2, 0) is 20.7 Å². The first-order valence-electron chi connectivity index (χ1n) is 8.08. The Hall–Kier alpha value is -1.90. The fourth-order valence-electron chi connectivity index (χ4n) is 3.73. The number of hydrogen-bond acceptors (Lipinski definition) is 3. The zero-order chi connectivity index (χ0) is 15.5. The molecule has 0 N–H and O–H groups in total. The Labute approximate surface area is 131 Å². The molecule has 0 spiro atoms. The zero-order valence-corrected chi connectivity index (χ0v) is 12.9. The van der Waals surface area contributed by atoms with Crippen molar-refractivity contribution in [1.82, 2.24) is 0 Å². The van der Waals surface area contributed by atoms with Crippen LogP contribution in [0.15, 0.2) is 42.5 Å². The van der Waals surface area contributed by atoms with E-state index >= 15 is 0 Å². The fraction of sp³-hybridized carbons (Fsp3) is 0.474. The summed E-state index contributed by atoms with van der Waals surface area (Å²) in [6.07, 6.45) is 6.53. The Bertz CT molecular complexity index is 576. The van der Waals surface area contributed by atoms with Gasteiger partial charge in [0.2, 0.25) is 0 Å². The number of allylic oxidation sites excluding steroid dienone is 2. The molecule has 1 aromatic carbocycles. The number of aryl methyl sites for hydroxylation is 1. The highest BCUT2D eigenvalue weighted by atomic mass is 16.6. The average molecular weight is 298 g/mol. The summed E-state index contributed by atoms with van der Waals surface area (Å²) in [5.41, 5.74) is 1.19. The average Bonchev–Trinajstić information content (AvgIpc) is 2.99. The maximum atomic E-state index is 12.1. The first-order chi connectivity index (χ1) is 10.6. The van der Waals surface area contributed by atoms with Crippen LogP contribution in [0.3, 0.4) is 0 Å². The minimum Gasteiger partial charge on any atom is -0.462 e. The van der Waals surface area contributed by atoms with Gasteiger partial charge < -0.3 is 4.74 Å². The SMILES string of the molecule is C[C@@H]1CC2OC(=O)C[C@@H]2[C@H]1/C=C/C(=O)CCc1ccccc1. The molecule has 3 heteroatoms. The highest BCUT2D eigenvalue weighted by molar-refractivity contribution is 5.89. The van der Waals surface area contributed by atoms with Crippen molar-refractivity contribution in [2.24, 2.45) is 17.8 Å². The number of carbonyl (C=O) groups excluding carboxylic acids is 2. The molecule has 1 heterocycles. The van der Waals surface area contributed by atoms with Gasteiger partial charge >= 0.3 is 5.97 Å². The smallest absolute Gasteiger partial charge is 0.306 e. The summed E-state index contributed by atoms with van der Waals surface area (Å²) in [5, 5.41) is 0. The summed E-state index contributed by atoms with van der Waals surface area (Å²) < 4.78 is 5.34. The van der Waals surface area contributed by atoms with Crippen LogP contribution < -0.4 is 0 Å². The van der Waals surface area contributed by atoms with Crippen molar-refractivity contribution >= 4 is 11.8 Å². The first kappa shape index (κ1) is 15.0. The molecule has 2 aliphatic rings. The van der Waals surface area contributed by atoms with Gasteiger partial charge in [0.05, 0.1) is 6.42 Å². The van der Waals surface area contributed by atoms with E-state index in [4.69, 9.17) is 4.74 Å². The molecule has 0 aromatic heterocycles. The third-order valence-corrected chi connectivity index (χ3v) is 4.93. The van der Waals surface area contributed by atoms with E-state index < -0.39 is 0 Å². The minimum absolute atomic E-state index is 0.0663. The molecule has 3 nitrogen and oxygen atoms in total. The summed E-state index contributed by atoms with van der Waals surface area (Å²) >= 11 is 0. The van der Waals surface area contributed by atoms with Crippen molar-refractivity contribution in [3.63, 3.8) is 0 Å². The molecule has 0 radical (unpaired) electrons. The van der Waals surface area contributed by atoms with Crippen LogP contribution in [0.2, 0.25) is 0 Å². The van der Waals surface area contributed by atoms with E-state index in [1.54, 1.807) is 6.08 Å². The number of esters is 1. The van der Waals surface area contributed by atoms with Crippen molar-refractivity contribution in [3.05, 3.63) is 48.0 Å². The summed E-state index contributed by atoms with van der Waals surface area (Å²) in [6, 6.07) is 10.1. The summed E-state index contributed by atoms with van der Waals surface area (Å²) in [4.78, 5) is 23.4. The van der Waals surface area contributed by atoms with Gasteiger partial charge in [-0.1, -0.05) is 43.3 Å². The first-order valence-corrected chi connectivity index (χ1v) is 8.08. The third kappa shape index (κ3) is 3.29. The van der Waals surface area contributed by atoms with E-state index in [1.807, 2.05) is 36.4 Å². The summed E-state index contributed by atoms with van der Waals surface area (Å²) in [6.45, 7) is 2.18. The van der Waals surface area contributed by atoms with E-state index in [2.05, 4.69) is 6.92 Å². The Morgan fingerprint density at radius 3 is 2.86 bits per heavy atom. The van der Waals surface area contributed by atoms with E-state index in [-0.39, 0.29) is 29.7 Å². The normalized spacial score (nSPS) is 30.5. The number of ether oxygens (including phenoxy) is 1. The Kier molecular flexibility index (Phi) is 4.41. The lowest BCUT2D eigenvalue weighted by Crippen LogP contribution is -2.13. The molecule has 2 fully saturated rings. The molecule has 3 rings (SSSR count). The van der Waals surface area contributed by atoms with Gasteiger partial charge in [-0.15, -0.1) is 0 Å². The van der Waals surface area contributed by atoms with Gasteiger partial charge in [-0.25, -0.2) is 0 Å². The standard InChI is InChI=1S/C19H22O3/c1-13-11-18-17(12-19(21)22-18)16(13)10-9-15(20)8-7-14-5-3-2-4-6-14/h2-6,9-10,13,16-18H,7-8,11-12H2,1H3/b10-9+/t13-,16+,17-,18?/m1/s1. The summed E-state index contributed by atoms with van der Waals surface area (Å²) in [5.74, 6) is 1.10. The second-order valence-electron chi connectivity index (χ2n) is 6.50. The number of fused-ring (bicyclic) bond motifs is 1. The van der Waals surface area contributed by atoms with Gasteiger partial charge in [-0.2, -0.15) is 0 Å². The molecule has 1 saturated heterocycles. The van der Waals surface area contributed by atoms with Gasteiger partial charge in [-0.3, -0.25) is 9.59 Å². The number of hydrogen-bond donors (Lipinski definition) is 0. The predicted octanol–water partition coefficient (Wildman–Crippen LogP) is 3.33. The molecular weight excluding hydrogens is 276 g/mol. The van der Waals surface area contributed by atoms with Gasteiger partial charge in [0.25, 0.3) is 0 Å². The number of rotatable bonds is 5. The van der Waals surface area contributed by atoms with Gasteiger partial charge in [0.1, 0.15) is 6.10 Å². The molecule has 1 aliphatic heterocycles. The second kappa shape index (κ2) is 6.47. The van der Waals surface area contributed by atoms with E-state index in [9.17, 15) is 9.59 Å². The third-order valence-electron chi connectivity index (χ3n) is 4.93. The molecule has 22 heavy (non-hydrogen) atoms. The van der Waals surface area contributed by atoms with Crippen molar-refractivity contribution < 1.29 is 14.3 Å². The maximum absolute atomic E-state index is 12.1. The molecule has 1 unspecified atom stereocenters. The lowest BCUT2D eigenvalue weighted by molar-refractivity contribution is -0.141. The highest BCUT2D eigenvalue weighted by Crippen LogP contribution is 2.45. The Balaban J connectivity index is 1.54. The van der Waals surface area contributed by atoms with Crippen LogP contribution in [0.5, 0.6) is 0 Å². The Morgan fingerprint density at radius 1 is 1.32 bits per heavy atom. The largest absolute Gasteiger partial charge is 0.462 e. The van der Waals surface area contributed by atoms with Crippen LogP contribution in [0.4, 0.5) is 0 Å². The van der Waals surface area contributed by atoms with Crippen LogP contribution >= 0.6 is 0 Å². The van der Waals surface area contributed by atoms with Gasteiger partial charge in [0.15, 0.2) is 5.78 Å². The lowest BCUT2D eigenvalue weighted by Gasteiger charge is -2.15. The molecule has 0 amide bonds. The minimum atomic E-state index is -0.0873.